The molecule has 0 aliphatic heterocycles. The summed E-state index contributed by atoms with van der Waals surface area (Å²) in [6.07, 6.45) is 4.14. The minimum Gasteiger partial charge on any atom is -0.393 e. The zero-order valence-corrected chi connectivity index (χ0v) is 8.28. The van der Waals surface area contributed by atoms with Gasteiger partial charge in [-0.05, 0) is 25.7 Å². The molecule has 2 fully saturated rings. The molecular weight excluding hydrogens is 180 g/mol. The number of amides is 1. The van der Waals surface area contributed by atoms with Crippen molar-refractivity contribution in [2.24, 2.45) is 11.7 Å². The van der Waals surface area contributed by atoms with Gasteiger partial charge in [-0.2, -0.15) is 0 Å². The van der Waals surface area contributed by atoms with Crippen LogP contribution in [0.1, 0.15) is 32.1 Å². The lowest BCUT2D eigenvalue weighted by molar-refractivity contribution is -0.127. The molecule has 2 aliphatic carbocycles. The molecule has 0 spiro atoms. The molecule has 4 N–H and O–H groups in total. The second kappa shape index (κ2) is 3.87. The molecule has 0 bridgehead atoms. The van der Waals surface area contributed by atoms with E-state index in [9.17, 15) is 4.79 Å². The smallest absolute Gasteiger partial charge is 0.224 e. The Morgan fingerprint density at radius 3 is 2.57 bits per heavy atom. The van der Waals surface area contributed by atoms with Crippen LogP contribution in [-0.2, 0) is 4.79 Å². The minimum absolute atomic E-state index is 0.00717. The Labute approximate surface area is 83.9 Å². The van der Waals surface area contributed by atoms with E-state index < -0.39 is 0 Å². The highest BCUT2D eigenvalue weighted by Crippen LogP contribution is 2.26. The van der Waals surface area contributed by atoms with Gasteiger partial charge in [0, 0.05) is 12.1 Å². The highest BCUT2D eigenvalue weighted by atomic mass is 16.3. The highest BCUT2D eigenvalue weighted by Gasteiger charge is 2.34. The van der Waals surface area contributed by atoms with E-state index in [0.717, 1.165) is 19.3 Å². The van der Waals surface area contributed by atoms with E-state index in [1.807, 2.05) is 0 Å². The molecule has 0 aromatic rings. The summed E-state index contributed by atoms with van der Waals surface area (Å²) in [6, 6.07) is 0.227. The van der Waals surface area contributed by atoms with Gasteiger partial charge in [-0.25, -0.2) is 0 Å². The maximum Gasteiger partial charge on any atom is 0.224 e. The second-order valence-corrected chi connectivity index (χ2v) is 4.53. The Morgan fingerprint density at radius 1 is 1.36 bits per heavy atom. The molecule has 0 aromatic carbocycles. The predicted octanol–water partition coefficient (Wildman–Crippen LogP) is -0.247. The van der Waals surface area contributed by atoms with Gasteiger partial charge in [-0.1, -0.05) is 6.42 Å². The van der Waals surface area contributed by atoms with Crippen molar-refractivity contribution in [3.63, 3.8) is 0 Å². The molecule has 14 heavy (non-hydrogen) atoms. The summed E-state index contributed by atoms with van der Waals surface area (Å²) in [6.45, 7) is 0. The van der Waals surface area contributed by atoms with Gasteiger partial charge in [-0.15, -0.1) is 0 Å². The summed E-state index contributed by atoms with van der Waals surface area (Å²) in [5.41, 5.74) is 5.83. The average molecular weight is 198 g/mol. The molecule has 2 rings (SSSR count). The number of carbonyl (C=O) groups excluding carboxylic acids is 1. The Hall–Kier alpha value is -0.610. The Balaban J connectivity index is 1.78. The standard InChI is InChI=1S/C10H18N2O2/c11-9-3-1-2-8(9)10(14)12-6-4-7(13)5-6/h6-9,13H,1-5,11H2,(H,12,14)/t6?,7?,8-,9+/m0/s1. The molecule has 1 amide bonds. The number of rotatable bonds is 2. The van der Waals surface area contributed by atoms with E-state index in [1.165, 1.54) is 0 Å². The number of hydrogen-bond donors (Lipinski definition) is 3. The first-order valence-corrected chi connectivity index (χ1v) is 5.41. The number of carbonyl (C=O) groups is 1. The van der Waals surface area contributed by atoms with E-state index in [0.29, 0.717) is 12.8 Å². The molecule has 4 heteroatoms. The third-order valence-corrected chi connectivity index (χ3v) is 3.37. The molecule has 2 aliphatic rings. The van der Waals surface area contributed by atoms with Crippen LogP contribution in [0.5, 0.6) is 0 Å². The molecule has 4 nitrogen and oxygen atoms in total. The second-order valence-electron chi connectivity index (χ2n) is 4.53. The number of aliphatic hydroxyl groups excluding tert-OH is 1. The van der Waals surface area contributed by atoms with Crippen molar-refractivity contribution in [2.45, 2.75) is 50.3 Å². The first kappa shape index (κ1) is 9.93. The van der Waals surface area contributed by atoms with Gasteiger partial charge < -0.3 is 16.2 Å². The molecular formula is C10H18N2O2. The largest absolute Gasteiger partial charge is 0.393 e. The van der Waals surface area contributed by atoms with E-state index in [2.05, 4.69) is 5.32 Å². The summed E-state index contributed by atoms with van der Waals surface area (Å²) < 4.78 is 0. The van der Waals surface area contributed by atoms with Gasteiger partial charge >= 0.3 is 0 Å². The van der Waals surface area contributed by atoms with Crippen molar-refractivity contribution in [3.05, 3.63) is 0 Å². The number of hydrogen-bond acceptors (Lipinski definition) is 3. The van der Waals surface area contributed by atoms with Crippen molar-refractivity contribution in [2.75, 3.05) is 0 Å². The molecule has 2 atom stereocenters. The zero-order chi connectivity index (χ0) is 10.1. The zero-order valence-electron chi connectivity index (χ0n) is 8.28. The van der Waals surface area contributed by atoms with Gasteiger partial charge in [-0.3, -0.25) is 4.79 Å². The Kier molecular flexibility index (Phi) is 2.74. The number of aliphatic hydroxyl groups is 1. The first-order valence-electron chi connectivity index (χ1n) is 5.41. The topological polar surface area (TPSA) is 75.4 Å². The highest BCUT2D eigenvalue weighted by molar-refractivity contribution is 5.80. The van der Waals surface area contributed by atoms with Gasteiger partial charge in [0.25, 0.3) is 0 Å². The third kappa shape index (κ3) is 1.91. The normalized spacial score (nSPS) is 41.9. The molecule has 0 aromatic heterocycles. The molecule has 0 saturated heterocycles. The van der Waals surface area contributed by atoms with E-state index in [-0.39, 0.29) is 30.0 Å². The van der Waals surface area contributed by atoms with Crippen LogP contribution >= 0.6 is 0 Å². The summed E-state index contributed by atoms with van der Waals surface area (Å²) in [7, 11) is 0. The van der Waals surface area contributed by atoms with Crippen molar-refractivity contribution < 1.29 is 9.90 Å². The number of nitrogens with two attached hydrogens (primary N) is 1. The van der Waals surface area contributed by atoms with Crippen LogP contribution in [0.4, 0.5) is 0 Å². The SMILES string of the molecule is N[C@@H]1CCC[C@@H]1C(=O)NC1CC(O)C1. The molecule has 2 saturated carbocycles. The lowest BCUT2D eigenvalue weighted by atomic mass is 9.89. The van der Waals surface area contributed by atoms with Crippen LogP contribution in [0.25, 0.3) is 0 Å². The Bertz CT molecular complexity index is 226. The summed E-state index contributed by atoms with van der Waals surface area (Å²) >= 11 is 0. The average Bonchev–Trinajstić information content (AvgIpc) is 2.48. The fourth-order valence-corrected chi connectivity index (χ4v) is 2.33. The molecule has 80 valence electrons. The van der Waals surface area contributed by atoms with Crippen LogP contribution in [0.15, 0.2) is 0 Å². The lowest BCUT2D eigenvalue weighted by Crippen LogP contribution is -2.50. The van der Waals surface area contributed by atoms with Crippen molar-refractivity contribution in [1.29, 1.82) is 0 Å². The summed E-state index contributed by atoms with van der Waals surface area (Å²) in [5.74, 6) is 0.0969. The maximum atomic E-state index is 11.7. The quantitative estimate of drug-likeness (QED) is 0.573. The van der Waals surface area contributed by atoms with Gasteiger partial charge in [0.05, 0.1) is 12.0 Å². The fourth-order valence-electron chi connectivity index (χ4n) is 2.33. The molecule has 0 radical (unpaired) electrons. The lowest BCUT2D eigenvalue weighted by Gasteiger charge is -2.33. The van der Waals surface area contributed by atoms with Gasteiger partial charge in [0.15, 0.2) is 0 Å². The fraction of sp³-hybridized carbons (Fsp3) is 0.900. The predicted molar refractivity (Wildman–Crippen MR) is 52.5 cm³/mol. The van der Waals surface area contributed by atoms with Crippen LogP contribution in [-0.4, -0.2) is 29.2 Å². The summed E-state index contributed by atoms with van der Waals surface area (Å²) in [4.78, 5) is 11.7. The van der Waals surface area contributed by atoms with Crippen molar-refractivity contribution in [3.8, 4) is 0 Å². The van der Waals surface area contributed by atoms with E-state index in [4.69, 9.17) is 10.8 Å². The number of nitrogens with one attached hydrogen (secondary N) is 1. The minimum atomic E-state index is -0.211. The van der Waals surface area contributed by atoms with E-state index in [1.54, 1.807) is 0 Å². The van der Waals surface area contributed by atoms with Crippen molar-refractivity contribution in [1.82, 2.24) is 5.32 Å². The summed E-state index contributed by atoms with van der Waals surface area (Å²) in [5, 5.41) is 12.0. The van der Waals surface area contributed by atoms with E-state index >= 15 is 0 Å². The van der Waals surface area contributed by atoms with Gasteiger partial charge in [0.2, 0.25) is 5.91 Å². The Morgan fingerprint density at radius 2 is 2.07 bits per heavy atom. The third-order valence-electron chi connectivity index (χ3n) is 3.37. The monoisotopic (exact) mass is 198 g/mol. The first-order chi connectivity index (χ1) is 6.66. The maximum absolute atomic E-state index is 11.7. The van der Waals surface area contributed by atoms with Crippen LogP contribution in [0, 0.1) is 5.92 Å². The van der Waals surface area contributed by atoms with Gasteiger partial charge in [0.1, 0.15) is 0 Å². The van der Waals surface area contributed by atoms with Crippen molar-refractivity contribution >= 4 is 5.91 Å². The molecule has 0 unspecified atom stereocenters. The van der Waals surface area contributed by atoms with Crippen LogP contribution < -0.4 is 11.1 Å². The van der Waals surface area contributed by atoms with Crippen LogP contribution in [0.2, 0.25) is 0 Å². The molecule has 0 heterocycles. The van der Waals surface area contributed by atoms with Crippen LogP contribution in [0.3, 0.4) is 0 Å².